The summed E-state index contributed by atoms with van der Waals surface area (Å²) in [7, 11) is 0. The third-order valence-electron chi connectivity index (χ3n) is 7.08. The van der Waals surface area contributed by atoms with E-state index in [1.54, 1.807) is 13.8 Å². The summed E-state index contributed by atoms with van der Waals surface area (Å²) in [6.07, 6.45) is 11.0. The van der Waals surface area contributed by atoms with Gasteiger partial charge >= 0.3 is 0 Å². The van der Waals surface area contributed by atoms with E-state index in [4.69, 9.17) is 0 Å². The van der Waals surface area contributed by atoms with Crippen LogP contribution >= 0.6 is 0 Å². The number of hydrogen-bond donors (Lipinski definition) is 0. The monoisotopic (exact) mass is 372 g/mol. The van der Waals surface area contributed by atoms with E-state index in [0.717, 1.165) is 36.5 Å². The first-order valence-corrected chi connectivity index (χ1v) is 11.5. The van der Waals surface area contributed by atoms with Crippen LogP contribution < -0.4 is 0 Å². The van der Waals surface area contributed by atoms with E-state index in [2.05, 4.69) is 27.7 Å². The smallest absolute Gasteiger partial charge is 0.134 e. The van der Waals surface area contributed by atoms with Gasteiger partial charge in [0.15, 0.2) is 0 Å². The molecule has 0 spiro atoms. The average molecular weight is 373 g/mol. The first-order chi connectivity index (χ1) is 12.2. The van der Waals surface area contributed by atoms with Crippen LogP contribution in [0, 0.1) is 35.5 Å². The summed E-state index contributed by atoms with van der Waals surface area (Å²) in [4.78, 5) is 0. The van der Waals surface area contributed by atoms with Gasteiger partial charge < -0.3 is 0 Å². The minimum atomic E-state index is -1.22. The molecule has 0 amide bonds. The van der Waals surface area contributed by atoms with Crippen molar-refractivity contribution < 1.29 is 8.78 Å². The fourth-order valence-electron chi connectivity index (χ4n) is 4.33. The Morgan fingerprint density at radius 1 is 0.385 bits per heavy atom. The zero-order chi connectivity index (χ0) is 19.7. The molecule has 0 bridgehead atoms. The van der Waals surface area contributed by atoms with Crippen LogP contribution in [0.15, 0.2) is 0 Å². The predicted molar refractivity (Wildman–Crippen MR) is 111 cm³/mol. The lowest BCUT2D eigenvalue weighted by Crippen LogP contribution is -2.35. The molecule has 0 nitrogen and oxygen atoms in total. The van der Waals surface area contributed by atoms with Crippen molar-refractivity contribution in [2.24, 2.45) is 35.5 Å². The second-order valence-corrected chi connectivity index (χ2v) is 10.2. The Hall–Kier alpha value is -0.140. The van der Waals surface area contributed by atoms with Crippen LogP contribution in [0.2, 0.25) is 0 Å². The first kappa shape index (κ1) is 23.9. The van der Waals surface area contributed by atoms with Crippen LogP contribution in [0.25, 0.3) is 0 Å². The van der Waals surface area contributed by atoms with Gasteiger partial charge in [0.05, 0.1) is 0 Å². The molecule has 0 radical (unpaired) electrons. The van der Waals surface area contributed by atoms with Gasteiger partial charge in [-0.3, -0.25) is 0 Å². The lowest BCUT2D eigenvalue weighted by Gasteiger charge is -2.30. The Morgan fingerprint density at radius 3 is 0.769 bits per heavy atom. The van der Waals surface area contributed by atoms with Gasteiger partial charge in [0, 0.05) is 0 Å². The summed E-state index contributed by atoms with van der Waals surface area (Å²) >= 11 is 0. The van der Waals surface area contributed by atoms with Crippen molar-refractivity contribution in [3.8, 4) is 0 Å². The highest BCUT2D eigenvalue weighted by atomic mass is 19.2. The Labute approximate surface area is 162 Å². The third kappa shape index (κ3) is 9.18. The summed E-state index contributed by atoms with van der Waals surface area (Å²) in [5, 5.41) is 0. The minimum absolute atomic E-state index is 0.0776. The SMILES string of the molecule is CC1CCC(C)C(F)C1F.CC1CCC(C)CC1.CC1CCC(C)CC1. The van der Waals surface area contributed by atoms with Crippen molar-refractivity contribution in [1.29, 1.82) is 0 Å². The molecule has 3 aliphatic carbocycles. The van der Waals surface area contributed by atoms with Crippen molar-refractivity contribution in [2.75, 3.05) is 0 Å². The van der Waals surface area contributed by atoms with E-state index >= 15 is 0 Å². The maximum atomic E-state index is 12.8. The first-order valence-electron chi connectivity index (χ1n) is 11.5. The van der Waals surface area contributed by atoms with E-state index in [1.165, 1.54) is 51.4 Å². The van der Waals surface area contributed by atoms with E-state index in [-0.39, 0.29) is 11.8 Å². The number of alkyl halides is 2. The fourth-order valence-corrected chi connectivity index (χ4v) is 4.33. The fraction of sp³-hybridized carbons (Fsp3) is 1.00. The van der Waals surface area contributed by atoms with Crippen LogP contribution in [-0.4, -0.2) is 12.3 Å². The molecule has 0 saturated heterocycles. The topological polar surface area (TPSA) is 0 Å². The maximum Gasteiger partial charge on any atom is 0.134 e. The van der Waals surface area contributed by atoms with Crippen LogP contribution in [0.3, 0.4) is 0 Å². The number of rotatable bonds is 0. The summed E-state index contributed by atoms with van der Waals surface area (Å²) < 4.78 is 25.7. The molecule has 3 fully saturated rings. The molecule has 0 aromatic heterocycles. The largest absolute Gasteiger partial charge is 0.244 e. The van der Waals surface area contributed by atoms with Crippen LogP contribution in [0.5, 0.6) is 0 Å². The van der Waals surface area contributed by atoms with E-state index in [9.17, 15) is 8.78 Å². The zero-order valence-electron chi connectivity index (χ0n) is 18.4. The molecule has 3 aliphatic rings. The minimum Gasteiger partial charge on any atom is -0.244 e. The van der Waals surface area contributed by atoms with Gasteiger partial charge in [-0.1, -0.05) is 92.9 Å². The second kappa shape index (κ2) is 12.3. The lowest BCUT2D eigenvalue weighted by atomic mass is 9.81. The zero-order valence-corrected chi connectivity index (χ0v) is 18.4. The lowest BCUT2D eigenvalue weighted by molar-refractivity contribution is 0.0367. The molecule has 0 aromatic rings. The molecular weight excluding hydrogens is 326 g/mol. The van der Waals surface area contributed by atoms with E-state index in [0.29, 0.717) is 0 Å². The summed E-state index contributed by atoms with van der Waals surface area (Å²) in [6.45, 7) is 13.0. The van der Waals surface area contributed by atoms with Gasteiger partial charge in [0.25, 0.3) is 0 Å². The standard InChI is InChI=1S/C8H14F2.2C8H16/c1-5-3-4-6(2)8(10)7(5)9;2*1-7-3-5-8(2)6-4-7/h5-8H,3-4H2,1-2H3;2*7-8H,3-6H2,1-2H3. The Morgan fingerprint density at radius 2 is 0.577 bits per heavy atom. The Balaban J connectivity index is 0.000000197. The molecule has 4 atom stereocenters. The molecule has 0 aromatic carbocycles. The van der Waals surface area contributed by atoms with Crippen molar-refractivity contribution in [1.82, 2.24) is 0 Å². The van der Waals surface area contributed by atoms with Crippen molar-refractivity contribution in [3.05, 3.63) is 0 Å². The molecule has 2 heteroatoms. The van der Waals surface area contributed by atoms with Gasteiger partial charge in [-0.25, -0.2) is 8.78 Å². The molecule has 4 unspecified atom stereocenters. The highest BCUT2D eigenvalue weighted by Gasteiger charge is 2.35. The molecule has 3 rings (SSSR count). The van der Waals surface area contributed by atoms with Crippen LogP contribution in [0.4, 0.5) is 8.78 Å². The van der Waals surface area contributed by atoms with E-state index in [1.807, 2.05) is 0 Å². The van der Waals surface area contributed by atoms with Crippen LogP contribution in [0.1, 0.15) is 106 Å². The van der Waals surface area contributed by atoms with Gasteiger partial charge in [-0.15, -0.1) is 0 Å². The molecule has 3 saturated carbocycles. The highest BCUT2D eigenvalue weighted by Crippen LogP contribution is 2.33. The Kier molecular flexibility index (Phi) is 11.3. The summed E-state index contributed by atoms with van der Waals surface area (Å²) in [6, 6.07) is 0. The molecule has 0 aliphatic heterocycles. The highest BCUT2D eigenvalue weighted by molar-refractivity contribution is 4.83. The molecular formula is C24H46F2. The Bertz CT molecular complexity index is 286. The van der Waals surface area contributed by atoms with E-state index < -0.39 is 12.3 Å². The van der Waals surface area contributed by atoms with Crippen molar-refractivity contribution >= 4 is 0 Å². The molecule has 0 N–H and O–H groups in total. The summed E-state index contributed by atoms with van der Waals surface area (Å²) in [5.74, 6) is 3.92. The molecule has 26 heavy (non-hydrogen) atoms. The van der Waals surface area contributed by atoms with Gasteiger partial charge in [-0.05, 0) is 48.3 Å². The van der Waals surface area contributed by atoms with Crippen LogP contribution in [-0.2, 0) is 0 Å². The van der Waals surface area contributed by atoms with Gasteiger partial charge in [0.2, 0.25) is 0 Å². The van der Waals surface area contributed by atoms with Gasteiger partial charge in [-0.2, -0.15) is 0 Å². The van der Waals surface area contributed by atoms with Gasteiger partial charge in [0.1, 0.15) is 12.3 Å². The third-order valence-corrected chi connectivity index (χ3v) is 7.08. The maximum absolute atomic E-state index is 12.8. The second-order valence-electron chi connectivity index (χ2n) is 10.2. The van der Waals surface area contributed by atoms with Crippen molar-refractivity contribution in [2.45, 2.75) is 118 Å². The quantitative estimate of drug-likeness (QED) is 0.400. The average Bonchev–Trinajstić information content (AvgIpc) is 2.63. The predicted octanol–water partition coefficient (Wildman–Crippen LogP) is 8.39. The molecule has 156 valence electrons. The van der Waals surface area contributed by atoms with Crippen molar-refractivity contribution in [3.63, 3.8) is 0 Å². The molecule has 0 heterocycles. The summed E-state index contributed by atoms with van der Waals surface area (Å²) in [5.41, 5.74) is 0. The number of hydrogen-bond acceptors (Lipinski definition) is 0. The normalized spacial score (nSPS) is 43.4. The number of halogens is 2.